The molecule has 2 N–H and O–H groups in total. The Morgan fingerprint density at radius 3 is 2.67 bits per heavy atom. The molecule has 1 saturated heterocycles. The Balaban J connectivity index is 1.21. The van der Waals surface area contributed by atoms with Gasteiger partial charge in [0.15, 0.2) is 11.5 Å². The number of rotatable bonds is 9. The molecule has 4 heterocycles. The highest BCUT2D eigenvalue weighted by Crippen LogP contribution is 2.36. The minimum atomic E-state index is -3.98. The normalized spacial score (nSPS) is 16.4. The van der Waals surface area contributed by atoms with E-state index in [4.69, 9.17) is 9.47 Å². The van der Waals surface area contributed by atoms with Crippen LogP contribution < -0.4 is 20.1 Å². The number of nitrogens with zero attached hydrogens (tertiary/aromatic N) is 4. The van der Waals surface area contributed by atoms with E-state index in [0.29, 0.717) is 48.2 Å². The fraction of sp³-hybridized carbons (Fsp3) is 0.241. The van der Waals surface area contributed by atoms with Gasteiger partial charge in [0.2, 0.25) is 28.7 Å². The van der Waals surface area contributed by atoms with Gasteiger partial charge in [-0.3, -0.25) is 9.78 Å². The van der Waals surface area contributed by atoms with Gasteiger partial charge in [-0.15, -0.1) is 0 Å². The SMILES string of the molecule is O=C(NCc1cc(-c2ccc3c(c2)OCO3)nc(NCc2cccnc2)n1)C1CCCN1S(=O)(=O)c1ccc(F)cc1. The van der Waals surface area contributed by atoms with Gasteiger partial charge in [-0.05, 0) is 73.0 Å². The number of anilines is 1. The average Bonchev–Trinajstić information content (AvgIpc) is 3.70. The fourth-order valence-corrected chi connectivity index (χ4v) is 6.54. The Bertz CT molecular complexity index is 1710. The number of carbonyl (C=O) groups excluding carboxylic acids is 1. The summed E-state index contributed by atoms with van der Waals surface area (Å²) in [5, 5.41) is 6.06. The molecule has 1 fully saturated rings. The maximum atomic E-state index is 13.4. The summed E-state index contributed by atoms with van der Waals surface area (Å²) < 4.78 is 51.9. The molecule has 6 rings (SSSR count). The van der Waals surface area contributed by atoms with Crippen LogP contribution in [0.1, 0.15) is 24.1 Å². The molecule has 0 bridgehead atoms. The molecule has 2 aromatic carbocycles. The molecule has 0 aliphatic carbocycles. The maximum Gasteiger partial charge on any atom is 0.243 e. The van der Waals surface area contributed by atoms with Crippen molar-refractivity contribution < 1.29 is 27.1 Å². The molecule has 216 valence electrons. The summed E-state index contributed by atoms with van der Waals surface area (Å²) in [6, 6.07) is 14.7. The first-order chi connectivity index (χ1) is 20.4. The van der Waals surface area contributed by atoms with Crippen LogP contribution in [0.25, 0.3) is 11.3 Å². The third-order valence-electron chi connectivity index (χ3n) is 6.99. The van der Waals surface area contributed by atoms with Crippen LogP contribution in [0.2, 0.25) is 0 Å². The molecule has 4 aromatic rings. The van der Waals surface area contributed by atoms with Crippen molar-refractivity contribution >= 4 is 21.9 Å². The lowest BCUT2D eigenvalue weighted by molar-refractivity contribution is -0.124. The summed E-state index contributed by atoms with van der Waals surface area (Å²) in [4.78, 5) is 26.6. The second kappa shape index (κ2) is 11.7. The van der Waals surface area contributed by atoms with Crippen LogP contribution in [0, 0.1) is 5.82 Å². The molecule has 42 heavy (non-hydrogen) atoms. The molecule has 1 amide bonds. The van der Waals surface area contributed by atoms with E-state index in [1.807, 2.05) is 24.3 Å². The second-order valence-electron chi connectivity index (χ2n) is 9.80. The van der Waals surface area contributed by atoms with E-state index >= 15 is 0 Å². The third-order valence-corrected chi connectivity index (χ3v) is 8.91. The molecule has 1 unspecified atom stereocenters. The first-order valence-corrected chi connectivity index (χ1v) is 14.8. The van der Waals surface area contributed by atoms with Crippen LogP contribution in [-0.2, 0) is 27.9 Å². The van der Waals surface area contributed by atoms with Crippen molar-refractivity contribution in [2.45, 2.75) is 36.9 Å². The molecule has 0 radical (unpaired) electrons. The minimum Gasteiger partial charge on any atom is -0.454 e. The summed E-state index contributed by atoms with van der Waals surface area (Å²) in [5.41, 5.74) is 2.83. The molecular weight excluding hydrogens is 563 g/mol. The quantitative estimate of drug-likeness (QED) is 0.300. The van der Waals surface area contributed by atoms with E-state index in [2.05, 4.69) is 25.6 Å². The zero-order valence-corrected chi connectivity index (χ0v) is 23.2. The fourth-order valence-electron chi connectivity index (χ4n) is 4.88. The van der Waals surface area contributed by atoms with E-state index in [1.165, 1.54) is 16.4 Å². The number of pyridine rings is 1. The van der Waals surface area contributed by atoms with Crippen LogP contribution in [0.4, 0.5) is 10.3 Å². The van der Waals surface area contributed by atoms with Gasteiger partial charge in [0.1, 0.15) is 11.9 Å². The van der Waals surface area contributed by atoms with Crippen LogP contribution in [0.15, 0.2) is 78.0 Å². The molecule has 2 aromatic heterocycles. The number of aromatic nitrogens is 3. The number of carbonyl (C=O) groups is 1. The summed E-state index contributed by atoms with van der Waals surface area (Å²) in [5.74, 6) is 0.622. The second-order valence-corrected chi connectivity index (χ2v) is 11.7. The molecule has 2 aliphatic rings. The van der Waals surface area contributed by atoms with Gasteiger partial charge in [0, 0.05) is 31.0 Å². The highest BCUT2D eigenvalue weighted by Gasteiger charge is 2.39. The number of hydrogen-bond acceptors (Lipinski definition) is 9. The third kappa shape index (κ3) is 5.87. The average molecular weight is 591 g/mol. The summed E-state index contributed by atoms with van der Waals surface area (Å²) in [7, 11) is -3.98. The summed E-state index contributed by atoms with van der Waals surface area (Å²) in [6.45, 7) is 0.818. The summed E-state index contributed by atoms with van der Waals surface area (Å²) >= 11 is 0. The van der Waals surface area contributed by atoms with Crippen molar-refractivity contribution in [2.24, 2.45) is 0 Å². The lowest BCUT2D eigenvalue weighted by Crippen LogP contribution is -2.45. The van der Waals surface area contributed by atoms with Gasteiger partial charge in [-0.25, -0.2) is 22.8 Å². The first-order valence-electron chi connectivity index (χ1n) is 13.3. The minimum absolute atomic E-state index is 0.0431. The van der Waals surface area contributed by atoms with Crippen molar-refractivity contribution in [1.29, 1.82) is 0 Å². The predicted octanol–water partition coefficient (Wildman–Crippen LogP) is 3.49. The predicted molar refractivity (Wildman–Crippen MR) is 150 cm³/mol. The monoisotopic (exact) mass is 590 g/mol. The maximum absolute atomic E-state index is 13.4. The van der Waals surface area contributed by atoms with E-state index in [-0.39, 0.29) is 24.8 Å². The van der Waals surface area contributed by atoms with Crippen LogP contribution in [0.3, 0.4) is 0 Å². The number of halogens is 1. The van der Waals surface area contributed by atoms with Crippen molar-refractivity contribution in [2.75, 3.05) is 18.7 Å². The van der Waals surface area contributed by atoms with Gasteiger partial charge >= 0.3 is 0 Å². The molecule has 0 saturated carbocycles. The van der Waals surface area contributed by atoms with Crippen molar-refractivity contribution in [3.63, 3.8) is 0 Å². The van der Waals surface area contributed by atoms with E-state index in [1.54, 1.807) is 24.5 Å². The van der Waals surface area contributed by atoms with Crippen LogP contribution in [-0.4, -0.2) is 53.0 Å². The van der Waals surface area contributed by atoms with Crippen LogP contribution >= 0.6 is 0 Å². The Hall–Kier alpha value is -4.62. The van der Waals surface area contributed by atoms with Gasteiger partial charge in [0.05, 0.1) is 22.8 Å². The smallest absolute Gasteiger partial charge is 0.243 e. The molecule has 1 atom stereocenters. The number of sulfonamides is 1. The Labute approximate surface area is 241 Å². The van der Waals surface area contributed by atoms with Crippen LogP contribution in [0.5, 0.6) is 11.5 Å². The topological polar surface area (TPSA) is 136 Å². The summed E-state index contributed by atoms with van der Waals surface area (Å²) in [6.07, 6.45) is 4.33. The Morgan fingerprint density at radius 2 is 1.86 bits per heavy atom. The van der Waals surface area contributed by atoms with Crippen molar-refractivity contribution in [1.82, 2.24) is 24.6 Å². The lowest BCUT2D eigenvalue weighted by atomic mass is 10.1. The van der Waals surface area contributed by atoms with E-state index < -0.39 is 27.8 Å². The van der Waals surface area contributed by atoms with Crippen molar-refractivity contribution in [3.05, 3.63) is 90.1 Å². The van der Waals surface area contributed by atoms with Gasteiger partial charge in [-0.1, -0.05) is 6.07 Å². The highest BCUT2D eigenvalue weighted by molar-refractivity contribution is 7.89. The number of benzene rings is 2. The number of amides is 1. The zero-order valence-electron chi connectivity index (χ0n) is 22.4. The lowest BCUT2D eigenvalue weighted by Gasteiger charge is -2.23. The number of ether oxygens (including phenoxy) is 2. The molecule has 11 nitrogen and oxygen atoms in total. The van der Waals surface area contributed by atoms with E-state index in [9.17, 15) is 17.6 Å². The number of fused-ring (bicyclic) bond motifs is 1. The number of hydrogen-bond donors (Lipinski definition) is 2. The first kappa shape index (κ1) is 27.5. The van der Waals surface area contributed by atoms with Gasteiger partial charge < -0.3 is 20.1 Å². The standard InChI is InChI=1S/C29H27FN6O5S/c30-21-6-8-23(9-7-21)42(38,39)36-12-2-4-25(36)28(37)32-17-22-14-24(20-5-10-26-27(13-20)41-18-40-26)35-29(34-22)33-16-19-3-1-11-31-15-19/h1,3,5-11,13-15,25H,2,4,12,16-18H2,(H,32,37)(H,33,34,35). The Kier molecular flexibility index (Phi) is 7.68. The molecular formula is C29H27FN6O5S. The van der Waals surface area contributed by atoms with E-state index in [0.717, 1.165) is 23.3 Å². The molecule has 13 heteroatoms. The Morgan fingerprint density at radius 1 is 1.02 bits per heavy atom. The largest absolute Gasteiger partial charge is 0.454 e. The highest BCUT2D eigenvalue weighted by atomic mass is 32.2. The zero-order chi connectivity index (χ0) is 29.1. The molecule has 0 spiro atoms. The number of nitrogens with one attached hydrogen (secondary N) is 2. The molecule has 2 aliphatic heterocycles. The van der Waals surface area contributed by atoms with Gasteiger partial charge in [0.25, 0.3) is 0 Å². The van der Waals surface area contributed by atoms with Crippen molar-refractivity contribution in [3.8, 4) is 22.8 Å². The van der Waals surface area contributed by atoms with Gasteiger partial charge in [-0.2, -0.15) is 4.31 Å².